The van der Waals surface area contributed by atoms with Gasteiger partial charge in [0.2, 0.25) is 10.0 Å². The Morgan fingerprint density at radius 1 is 1.35 bits per heavy atom. The van der Waals surface area contributed by atoms with Gasteiger partial charge in [0.1, 0.15) is 11.6 Å². The van der Waals surface area contributed by atoms with Crippen LogP contribution in [0, 0.1) is 5.82 Å². The van der Waals surface area contributed by atoms with E-state index in [1.165, 1.54) is 16.6 Å². The lowest BCUT2D eigenvalue weighted by Crippen LogP contribution is -2.30. The first-order valence-corrected chi connectivity index (χ1v) is 7.46. The average molecular weight is 298 g/mol. The van der Waals surface area contributed by atoms with Crippen LogP contribution in [0.3, 0.4) is 0 Å². The fraction of sp³-hybridized carbons (Fsp3) is 0.231. The summed E-state index contributed by atoms with van der Waals surface area (Å²) >= 11 is 0. The molecule has 0 radical (unpaired) electrons. The normalized spacial score (nSPS) is 11.9. The van der Waals surface area contributed by atoms with Gasteiger partial charge in [0.05, 0.1) is 17.7 Å². The van der Waals surface area contributed by atoms with Crippen molar-refractivity contribution in [1.29, 1.82) is 0 Å². The maximum absolute atomic E-state index is 13.3. The van der Waals surface area contributed by atoms with E-state index in [0.717, 1.165) is 12.1 Å². The van der Waals surface area contributed by atoms with Gasteiger partial charge in [-0.05, 0) is 30.3 Å². The molecule has 0 unspecified atom stereocenters. The molecule has 108 valence electrons. The van der Waals surface area contributed by atoms with Crippen LogP contribution in [0.5, 0.6) is 0 Å². The summed E-state index contributed by atoms with van der Waals surface area (Å²) in [4.78, 5) is -0.164. The Labute approximate surface area is 116 Å². The minimum atomic E-state index is -3.82. The van der Waals surface area contributed by atoms with E-state index in [4.69, 9.17) is 10.2 Å². The quantitative estimate of drug-likeness (QED) is 0.859. The highest BCUT2D eigenvalue weighted by molar-refractivity contribution is 7.89. The SMILES string of the molecule is CCN(Cc1ccco1)S(=O)(=O)c1cc(N)cc(F)c1. The van der Waals surface area contributed by atoms with Crippen LogP contribution >= 0.6 is 0 Å². The number of rotatable bonds is 5. The largest absolute Gasteiger partial charge is 0.468 e. The Morgan fingerprint density at radius 2 is 2.10 bits per heavy atom. The molecule has 0 aliphatic heterocycles. The van der Waals surface area contributed by atoms with Crippen molar-refractivity contribution in [2.75, 3.05) is 12.3 Å². The summed E-state index contributed by atoms with van der Waals surface area (Å²) in [6.45, 7) is 2.02. The third-order valence-electron chi connectivity index (χ3n) is 2.80. The van der Waals surface area contributed by atoms with Crippen molar-refractivity contribution >= 4 is 15.7 Å². The Balaban J connectivity index is 2.36. The second kappa shape index (κ2) is 5.64. The fourth-order valence-electron chi connectivity index (χ4n) is 1.83. The van der Waals surface area contributed by atoms with Crippen molar-refractivity contribution in [3.63, 3.8) is 0 Å². The van der Waals surface area contributed by atoms with Crippen LogP contribution in [0.2, 0.25) is 0 Å². The van der Waals surface area contributed by atoms with Gasteiger partial charge in [-0.2, -0.15) is 4.31 Å². The van der Waals surface area contributed by atoms with E-state index in [9.17, 15) is 12.8 Å². The zero-order chi connectivity index (χ0) is 14.8. The molecule has 7 heteroatoms. The molecule has 0 amide bonds. The molecule has 0 saturated carbocycles. The number of sulfonamides is 1. The molecule has 0 fully saturated rings. The van der Waals surface area contributed by atoms with Crippen LogP contribution in [-0.4, -0.2) is 19.3 Å². The van der Waals surface area contributed by atoms with Gasteiger partial charge in [0.15, 0.2) is 0 Å². The zero-order valence-electron chi connectivity index (χ0n) is 10.9. The van der Waals surface area contributed by atoms with E-state index >= 15 is 0 Å². The third-order valence-corrected chi connectivity index (χ3v) is 4.69. The molecule has 1 aromatic heterocycles. The molecule has 2 rings (SSSR count). The summed E-state index contributed by atoms with van der Waals surface area (Å²) in [6, 6.07) is 6.62. The van der Waals surface area contributed by atoms with E-state index in [1.54, 1.807) is 19.1 Å². The number of nitrogens with zero attached hydrogens (tertiary/aromatic N) is 1. The van der Waals surface area contributed by atoms with Crippen LogP contribution < -0.4 is 5.73 Å². The Bertz CT molecular complexity index is 663. The molecule has 0 bridgehead atoms. The van der Waals surface area contributed by atoms with Gasteiger partial charge in [0, 0.05) is 12.2 Å². The van der Waals surface area contributed by atoms with Crippen molar-refractivity contribution in [2.45, 2.75) is 18.4 Å². The molecule has 0 aliphatic carbocycles. The number of benzene rings is 1. The van der Waals surface area contributed by atoms with Crippen molar-refractivity contribution in [1.82, 2.24) is 4.31 Å². The highest BCUT2D eigenvalue weighted by atomic mass is 32.2. The van der Waals surface area contributed by atoms with Crippen LogP contribution in [-0.2, 0) is 16.6 Å². The number of nitrogen functional groups attached to an aromatic ring is 1. The Hall–Kier alpha value is -1.86. The third kappa shape index (κ3) is 3.00. The summed E-state index contributed by atoms with van der Waals surface area (Å²) in [5, 5.41) is 0. The first-order chi connectivity index (χ1) is 9.43. The topological polar surface area (TPSA) is 76.5 Å². The molecular weight excluding hydrogens is 283 g/mol. The monoisotopic (exact) mass is 298 g/mol. The second-order valence-corrected chi connectivity index (χ2v) is 6.17. The molecule has 0 atom stereocenters. The van der Waals surface area contributed by atoms with E-state index in [0.29, 0.717) is 5.76 Å². The van der Waals surface area contributed by atoms with Gasteiger partial charge >= 0.3 is 0 Å². The number of hydrogen-bond acceptors (Lipinski definition) is 4. The van der Waals surface area contributed by atoms with Gasteiger partial charge in [0.25, 0.3) is 0 Å². The highest BCUT2D eigenvalue weighted by Gasteiger charge is 2.25. The van der Waals surface area contributed by atoms with E-state index in [-0.39, 0.29) is 23.7 Å². The second-order valence-electron chi connectivity index (χ2n) is 4.23. The molecule has 20 heavy (non-hydrogen) atoms. The number of hydrogen-bond donors (Lipinski definition) is 1. The van der Waals surface area contributed by atoms with Gasteiger partial charge in [-0.1, -0.05) is 6.92 Å². The molecule has 5 nitrogen and oxygen atoms in total. The van der Waals surface area contributed by atoms with Crippen LogP contribution in [0.1, 0.15) is 12.7 Å². The molecule has 0 saturated heterocycles. The van der Waals surface area contributed by atoms with Gasteiger partial charge in [-0.25, -0.2) is 12.8 Å². The Morgan fingerprint density at radius 3 is 2.65 bits per heavy atom. The predicted octanol–water partition coefficient (Wildman–Crippen LogP) is 2.21. The standard InChI is InChI=1S/C13H15FN2O3S/c1-2-16(9-12-4-3-5-19-12)20(17,18)13-7-10(14)6-11(15)8-13/h3-8H,2,9,15H2,1H3. The maximum atomic E-state index is 13.3. The average Bonchev–Trinajstić information content (AvgIpc) is 2.87. The summed E-state index contributed by atoms with van der Waals surface area (Å²) in [5.41, 5.74) is 5.56. The van der Waals surface area contributed by atoms with Crippen LogP contribution in [0.15, 0.2) is 45.9 Å². The maximum Gasteiger partial charge on any atom is 0.243 e. The fourth-order valence-corrected chi connectivity index (χ4v) is 3.31. The highest BCUT2D eigenvalue weighted by Crippen LogP contribution is 2.21. The summed E-state index contributed by atoms with van der Waals surface area (Å²) in [7, 11) is -3.82. The predicted molar refractivity (Wildman–Crippen MR) is 72.8 cm³/mol. The minimum Gasteiger partial charge on any atom is -0.468 e. The van der Waals surface area contributed by atoms with Gasteiger partial charge < -0.3 is 10.2 Å². The first-order valence-electron chi connectivity index (χ1n) is 6.02. The van der Waals surface area contributed by atoms with Crippen molar-refractivity contribution < 1.29 is 17.2 Å². The molecule has 1 heterocycles. The van der Waals surface area contributed by atoms with Crippen molar-refractivity contribution in [3.05, 3.63) is 48.2 Å². The van der Waals surface area contributed by atoms with E-state index in [2.05, 4.69) is 0 Å². The lowest BCUT2D eigenvalue weighted by Gasteiger charge is -2.19. The molecule has 0 aliphatic rings. The molecule has 0 spiro atoms. The summed E-state index contributed by atoms with van der Waals surface area (Å²) < 4.78 is 44.6. The van der Waals surface area contributed by atoms with Crippen LogP contribution in [0.25, 0.3) is 0 Å². The lowest BCUT2D eigenvalue weighted by molar-refractivity contribution is 0.375. The number of anilines is 1. The first kappa shape index (κ1) is 14.5. The van der Waals surface area contributed by atoms with Gasteiger partial charge in [-0.15, -0.1) is 0 Å². The number of halogens is 1. The van der Waals surface area contributed by atoms with Crippen LogP contribution in [0.4, 0.5) is 10.1 Å². The molecular formula is C13H15FN2O3S. The smallest absolute Gasteiger partial charge is 0.243 e. The zero-order valence-corrected chi connectivity index (χ0v) is 11.7. The Kier molecular flexibility index (Phi) is 4.10. The molecule has 2 N–H and O–H groups in total. The van der Waals surface area contributed by atoms with Gasteiger partial charge in [-0.3, -0.25) is 0 Å². The number of furan rings is 1. The van der Waals surface area contributed by atoms with E-state index in [1.807, 2.05) is 0 Å². The molecule has 1 aromatic carbocycles. The summed E-state index contributed by atoms with van der Waals surface area (Å²) in [5.74, 6) is -0.169. The van der Waals surface area contributed by atoms with Crippen molar-refractivity contribution in [2.24, 2.45) is 0 Å². The minimum absolute atomic E-state index is 0.0672. The summed E-state index contributed by atoms with van der Waals surface area (Å²) in [6.07, 6.45) is 1.47. The number of nitrogens with two attached hydrogens (primary N) is 1. The lowest BCUT2D eigenvalue weighted by atomic mass is 10.3. The molecule has 2 aromatic rings. The van der Waals surface area contributed by atoms with Crippen molar-refractivity contribution in [3.8, 4) is 0 Å². The van der Waals surface area contributed by atoms with E-state index < -0.39 is 15.8 Å².